The van der Waals surface area contributed by atoms with Crippen molar-refractivity contribution < 1.29 is 0 Å². The first-order valence-electron chi connectivity index (χ1n) is 6.06. The van der Waals surface area contributed by atoms with Crippen LogP contribution in [-0.4, -0.2) is 25.2 Å². The van der Waals surface area contributed by atoms with Crippen LogP contribution in [0.4, 0.5) is 0 Å². The second-order valence-electron chi connectivity index (χ2n) is 4.48. The van der Waals surface area contributed by atoms with E-state index in [-0.39, 0.29) is 0 Å². The largest absolute Gasteiger partial charge is 0.310 e. The molecule has 0 bridgehead atoms. The molecule has 0 radical (unpaired) electrons. The van der Waals surface area contributed by atoms with E-state index in [1.54, 1.807) is 0 Å². The Morgan fingerprint density at radius 2 is 2.12 bits per heavy atom. The summed E-state index contributed by atoms with van der Waals surface area (Å²) < 4.78 is 4.19. The van der Waals surface area contributed by atoms with E-state index in [1.165, 1.54) is 0 Å². The Bertz CT molecular complexity index is 526. The van der Waals surface area contributed by atoms with Gasteiger partial charge in [-0.25, -0.2) is 4.98 Å². The predicted octanol–water partition coefficient (Wildman–Crippen LogP) is 2.83. The first kappa shape index (κ1) is 12.4. The van der Waals surface area contributed by atoms with E-state index >= 15 is 0 Å². The topological polar surface area (TPSA) is 35.6 Å². The summed E-state index contributed by atoms with van der Waals surface area (Å²) >= 11 is 5.85. The van der Waals surface area contributed by atoms with Crippen molar-refractivity contribution in [1.82, 2.24) is 19.3 Å². The van der Waals surface area contributed by atoms with Gasteiger partial charge >= 0.3 is 0 Å². The number of aryl methyl sites for hydroxylation is 3. The summed E-state index contributed by atoms with van der Waals surface area (Å²) in [5, 5.41) is 4.43. The van der Waals surface area contributed by atoms with Crippen LogP contribution in [0.3, 0.4) is 0 Å². The van der Waals surface area contributed by atoms with Gasteiger partial charge in [-0.15, -0.1) is 11.6 Å². The Morgan fingerprint density at radius 3 is 2.71 bits per heavy atom. The minimum atomic E-state index is 0.424. The smallest absolute Gasteiger partial charge is 0.158 e. The molecule has 0 amide bonds. The number of halogens is 1. The number of hydrogen-bond acceptors (Lipinski definition) is 2. The molecule has 0 aromatic carbocycles. The lowest BCUT2D eigenvalue weighted by molar-refractivity contribution is 0.512. The number of alkyl halides is 1. The Kier molecular flexibility index (Phi) is 3.43. The van der Waals surface area contributed by atoms with E-state index in [4.69, 9.17) is 11.6 Å². The van der Waals surface area contributed by atoms with E-state index in [1.807, 2.05) is 18.7 Å². The number of nitrogens with zero attached hydrogens (tertiary/aromatic N) is 4. The molecule has 2 heterocycles. The van der Waals surface area contributed by atoms with Gasteiger partial charge in [0.1, 0.15) is 11.3 Å². The van der Waals surface area contributed by atoms with Gasteiger partial charge < -0.3 is 4.57 Å². The Hall–Kier alpha value is -1.03. The monoisotopic (exact) mass is 254 g/mol. The fraction of sp³-hybridized carbons (Fsp3) is 0.667. The summed E-state index contributed by atoms with van der Waals surface area (Å²) in [5.74, 6) is 1.67. The molecule has 0 spiro atoms. The summed E-state index contributed by atoms with van der Waals surface area (Å²) in [7, 11) is 1.97. The maximum absolute atomic E-state index is 5.85. The highest BCUT2D eigenvalue weighted by Crippen LogP contribution is 2.25. The van der Waals surface area contributed by atoms with Crippen molar-refractivity contribution in [2.75, 3.05) is 5.88 Å². The van der Waals surface area contributed by atoms with Crippen LogP contribution in [-0.2, 0) is 13.5 Å². The molecule has 2 aromatic rings. The fourth-order valence-corrected chi connectivity index (χ4v) is 2.42. The van der Waals surface area contributed by atoms with Crippen molar-refractivity contribution in [3.63, 3.8) is 0 Å². The van der Waals surface area contributed by atoms with Crippen LogP contribution >= 0.6 is 11.6 Å². The van der Waals surface area contributed by atoms with Crippen molar-refractivity contribution >= 4 is 22.8 Å². The Labute approximate surface area is 107 Å². The predicted molar refractivity (Wildman–Crippen MR) is 70.7 cm³/mol. The highest BCUT2D eigenvalue weighted by Gasteiger charge is 2.19. The van der Waals surface area contributed by atoms with Crippen LogP contribution in [0.25, 0.3) is 11.2 Å². The molecule has 0 aliphatic carbocycles. The summed E-state index contributed by atoms with van der Waals surface area (Å²) in [4.78, 5) is 4.69. The molecule has 2 rings (SSSR count). The third kappa shape index (κ3) is 1.95. The standard InChI is InChI=1S/C12H19ClN4/c1-5-8(2)17-10(6-7-13)14-11-9(3)15-16(4)12(11)17/h8H,5-7H2,1-4H3. The van der Waals surface area contributed by atoms with Crippen LogP contribution in [0.5, 0.6) is 0 Å². The van der Waals surface area contributed by atoms with E-state index in [0.29, 0.717) is 11.9 Å². The van der Waals surface area contributed by atoms with Gasteiger partial charge in [0, 0.05) is 25.4 Å². The highest BCUT2D eigenvalue weighted by atomic mass is 35.5. The summed E-state index contributed by atoms with van der Waals surface area (Å²) in [6, 6.07) is 0.424. The van der Waals surface area contributed by atoms with E-state index in [9.17, 15) is 0 Å². The zero-order chi connectivity index (χ0) is 12.6. The molecule has 4 nitrogen and oxygen atoms in total. The summed E-state index contributed by atoms with van der Waals surface area (Å²) in [6.45, 7) is 6.39. The summed E-state index contributed by atoms with van der Waals surface area (Å²) in [6.07, 6.45) is 1.88. The molecular weight excluding hydrogens is 236 g/mol. The van der Waals surface area contributed by atoms with Crippen molar-refractivity contribution in [3.8, 4) is 0 Å². The van der Waals surface area contributed by atoms with Gasteiger partial charge in [-0.2, -0.15) is 5.10 Å². The SMILES string of the molecule is CCC(C)n1c(CCCl)nc2c(C)nn(C)c21. The average molecular weight is 255 g/mol. The van der Waals surface area contributed by atoms with Gasteiger partial charge in [0.25, 0.3) is 0 Å². The van der Waals surface area contributed by atoms with E-state index in [0.717, 1.165) is 35.5 Å². The first-order chi connectivity index (χ1) is 8.10. The van der Waals surface area contributed by atoms with Crippen LogP contribution in [0.1, 0.15) is 37.8 Å². The minimum Gasteiger partial charge on any atom is -0.310 e. The molecule has 0 saturated carbocycles. The zero-order valence-electron chi connectivity index (χ0n) is 10.9. The van der Waals surface area contributed by atoms with Crippen molar-refractivity contribution in [2.45, 2.75) is 39.7 Å². The van der Waals surface area contributed by atoms with E-state index < -0.39 is 0 Å². The van der Waals surface area contributed by atoms with Crippen LogP contribution in [0.15, 0.2) is 0 Å². The molecule has 0 aliphatic heterocycles. The molecular formula is C12H19ClN4. The number of imidazole rings is 1. The molecule has 1 unspecified atom stereocenters. The number of aromatic nitrogens is 4. The number of rotatable bonds is 4. The van der Waals surface area contributed by atoms with Crippen LogP contribution in [0.2, 0.25) is 0 Å². The molecule has 1 atom stereocenters. The Balaban J connectivity index is 2.68. The number of fused-ring (bicyclic) bond motifs is 1. The lowest BCUT2D eigenvalue weighted by Gasteiger charge is -2.15. The molecule has 0 N–H and O–H groups in total. The zero-order valence-corrected chi connectivity index (χ0v) is 11.6. The van der Waals surface area contributed by atoms with Gasteiger partial charge in [0.05, 0.1) is 5.69 Å². The maximum Gasteiger partial charge on any atom is 0.158 e. The highest BCUT2D eigenvalue weighted by molar-refractivity contribution is 6.17. The fourth-order valence-electron chi connectivity index (χ4n) is 2.25. The lowest BCUT2D eigenvalue weighted by Crippen LogP contribution is -2.11. The minimum absolute atomic E-state index is 0.424. The normalized spacial score (nSPS) is 13.5. The molecule has 0 saturated heterocycles. The molecule has 2 aromatic heterocycles. The quantitative estimate of drug-likeness (QED) is 0.787. The van der Waals surface area contributed by atoms with Crippen molar-refractivity contribution in [2.24, 2.45) is 7.05 Å². The Morgan fingerprint density at radius 1 is 1.41 bits per heavy atom. The van der Waals surface area contributed by atoms with Crippen molar-refractivity contribution in [3.05, 3.63) is 11.5 Å². The summed E-state index contributed by atoms with van der Waals surface area (Å²) in [5.41, 5.74) is 3.10. The third-order valence-corrected chi connectivity index (χ3v) is 3.45. The maximum atomic E-state index is 5.85. The number of hydrogen-bond donors (Lipinski definition) is 0. The molecule has 94 valence electrons. The molecule has 0 fully saturated rings. The first-order valence-corrected chi connectivity index (χ1v) is 6.60. The van der Waals surface area contributed by atoms with Gasteiger partial charge in [-0.1, -0.05) is 6.92 Å². The molecule has 5 heteroatoms. The second-order valence-corrected chi connectivity index (χ2v) is 4.85. The van der Waals surface area contributed by atoms with Gasteiger partial charge in [-0.3, -0.25) is 4.68 Å². The van der Waals surface area contributed by atoms with Crippen LogP contribution < -0.4 is 0 Å². The average Bonchev–Trinajstić information content (AvgIpc) is 2.78. The van der Waals surface area contributed by atoms with Crippen LogP contribution in [0, 0.1) is 6.92 Å². The molecule has 0 aliphatic rings. The van der Waals surface area contributed by atoms with Crippen molar-refractivity contribution in [1.29, 1.82) is 0 Å². The lowest BCUT2D eigenvalue weighted by atomic mass is 10.2. The van der Waals surface area contributed by atoms with Gasteiger partial charge in [-0.05, 0) is 20.3 Å². The molecule has 17 heavy (non-hydrogen) atoms. The van der Waals surface area contributed by atoms with Gasteiger partial charge in [0.2, 0.25) is 0 Å². The van der Waals surface area contributed by atoms with E-state index in [2.05, 4.69) is 28.5 Å². The van der Waals surface area contributed by atoms with Gasteiger partial charge in [0.15, 0.2) is 5.65 Å². The second kappa shape index (κ2) is 4.69. The third-order valence-electron chi connectivity index (χ3n) is 3.26.